The largest absolute Gasteiger partial charge is 0.449 e. The van der Waals surface area contributed by atoms with Crippen LogP contribution in [0.4, 0.5) is 4.79 Å². The highest BCUT2D eigenvalue weighted by Crippen LogP contribution is 2.53. The van der Waals surface area contributed by atoms with E-state index in [-0.39, 0.29) is 18.3 Å². The number of ketones is 1. The molecule has 1 saturated carbocycles. The fraction of sp³-hybridized carbons (Fsp3) is 0.714. The van der Waals surface area contributed by atoms with E-state index in [9.17, 15) is 9.59 Å². The third-order valence-electron chi connectivity index (χ3n) is 4.13. The van der Waals surface area contributed by atoms with Crippen molar-refractivity contribution in [3.8, 4) is 0 Å². The first-order chi connectivity index (χ1) is 8.44. The molecule has 100 valence electrons. The van der Waals surface area contributed by atoms with Crippen LogP contribution in [-0.4, -0.2) is 18.5 Å². The molecule has 2 aliphatic carbocycles. The lowest BCUT2D eigenvalue weighted by Crippen LogP contribution is -2.41. The Balaban J connectivity index is 2.15. The molecule has 4 nitrogen and oxygen atoms in total. The van der Waals surface area contributed by atoms with Crippen molar-refractivity contribution < 1.29 is 14.3 Å². The van der Waals surface area contributed by atoms with Gasteiger partial charge in [0.1, 0.15) is 12.4 Å². The summed E-state index contributed by atoms with van der Waals surface area (Å²) in [6, 6.07) is 0. The lowest BCUT2D eigenvalue weighted by molar-refractivity contribution is -0.133. The SMILES string of the molecule is CC(C)CC(=O)C1(COC(N)=O)CC2C=CC1C2. The third-order valence-corrected chi connectivity index (χ3v) is 4.13. The van der Waals surface area contributed by atoms with Gasteiger partial charge in [0, 0.05) is 6.42 Å². The molecule has 4 heteroatoms. The Morgan fingerprint density at radius 1 is 1.44 bits per heavy atom. The third kappa shape index (κ3) is 2.28. The van der Waals surface area contributed by atoms with Gasteiger partial charge >= 0.3 is 6.09 Å². The van der Waals surface area contributed by atoms with Gasteiger partial charge in [-0.3, -0.25) is 4.79 Å². The fourth-order valence-electron chi connectivity index (χ4n) is 3.30. The molecule has 2 bridgehead atoms. The second kappa shape index (κ2) is 4.75. The number of primary amides is 1. The highest BCUT2D eigenvalue weighted by molar-refractivity contribution is 5.86. The van der Waals surface area contributed by atoms with Crippen molar-refractivity contribution in [1.29, 1.82) is 0 Å². The number of hydrogen-bond donors (Lipinski definition) is 1. The van der Waals surface area contributed by atoms with Gasteiger partial charge < -0.3 is 10.5 Å². The van der Waals surface area contributed by atoms with Crippen molar-refractivity contribution in [2.75, 3.05) is 6.61 Å². The highest BCUT2D eigenvalue weighted by atomic mass is 16.5. The highest BCUT2D eigenvalue weighted by Gasteiger charge is 2.53. The predicted octanol–water partition coefficient (Wildman–Crippen LogP) is 2.28. The Morgan fingerprint density at radius 3 is 2.61 bits per heavy atom. The summed E-state index contributed by atoms with van der Waals surface area (Å²) in [5.74, 6) is 1.22. The normalized spacial score (nSPS) is 33.1. The van der Waals surface area contributed by atoms with Crippen LogP contribution in [0.15, 0.2) is 12.2 Å². The molecule has 0 heterocycles. The number of ether oxygens (including phenoxy) is 1. The summed E-state index contributed by atoms with van der Waals surface area (Å²) < 4.78 is 4.97. The van der Waals surface area contributed by atoms with Gasteiger partial charge in [0.15, 0.2) is 0 Å². The molecular weight excluding hydrogens is 230 g/mol. The maximum Gasteiger partial charge on any atom is 0.404 e. The minimum atomic E-state index is -0.793. The van der Waals surface area contributed by atoms with Gasteiger partial charge in [-0.1, -0.05) is 26.0 Å². The van der Waals surface area contributed by atoms with E-state index < -0.39 is 11.5 Å². The predicted molar refractivity (Wildman–Crippen MR) is 67.8 cm³/mol. The Bertz CT molecular complexity index is 389. The number of amides is 1. The van der Waals surface area contributed by atoms with Gasteiger partial charge in [-0.25, -0.2) is 4.79 Å². The monoisotopic (exact) mass is 251 g/mol. The van der Waals surface area contributed by atoms with Crippen molar-refractivity contribution in [3.05, 3.63) is 12.2 Å². The van der Waals surface area contributed by atoms with Crippen LogP contribution in [0.5, 0.6) is 0 Å². The van der Waals surface area contributed by atoms with Gasteiger partial charge in [-0.2, -0.15) is 0 Å². The Hall–Kier alpha value is -1.32. The van der Waals surface area contributed by atoms with Gasteiger partial charge in [-0.15, -0.1) is 0 Å². The number of rotatable bonds is 5. The average molecular weight is 251 g/mol. The molecule has 0 radical (unpaired) electrons. The van der Waals surface area contributed by atoms with Crippen LogP contribution >= 0.6 is 0 Å². The second-order valence-electron chi connectivity index (χ2n) is 5.98. The Morgan fingerprint density at radius 2 is 2.17 bits per heavy atom. The summed E-state index contributed by atoms with van der Waals surface area (Å²) in [6.07, 6.45) is 5.84. The van der Waals surface area contributed by atoms with E-state index in [1.807, 2.05) is 13.8 Å². The number of carbonyl (C=O) groups is 2. The topological polar surface area (TPSA) is 69.4 Å². The molecule has 0 spiro atoms. The molecule has 0 aliphatic heterocycles. The number of nitrogens with two attached hydrogens (primary N) is 1. The zero-order valence-corrected chi connectivity index (χ0v) is 11.0. The molecule has 1 fully saturated rings. The van der Waals surface area contributed by atoms with Crippen LogP contribution in [0.2, 0.25) is 0 Å². The van der Waals surface area contributed by atoms with Crippen molar-refractivity contribution >= 4 is 11.9 Å². The van der Waals surface area contributed by atoms with E-state index in [0.29, 0.717) is 18.3 Å². The van der Waals surface area contributed by atoms with Crippen LogP contribution in [0.25, 0.3) is 0 Å². The zero-order valence-electron chi connectivity index (χ0n) is 11.0. The summed E-state index contributed by atoms with van der Waals surface area (Å²) in [5, 5.41) is 0. The minimum absolute atomic E-state index is 0.138. The number of Topliss-reactive ketones (excluding diaryl/α,β-unsaturated/α-hetero) is 1. The molecule has 2 aliphatic rings. The number of hydrogen-bond acceptors (Lipinski definition) is 3. The lowest BCUT2D eigenvalue weighted by atomic mass is 9.71. The van der Waals surface area contributed by atoms with Gasteiger partial charge in [-0.05, 0) is 30.6 Å². The quantitative estimate of drug-likeness (QED) is 0.762. The van der Waals surface area contributed by atoms with Crippen LogP contribution in [0.3, 0.4) is 0 Å². The Labute approximate surface area is 108 Å². The van der Waals surface area contributed by atoms with Crippen molar-refractivity contribution in [2.24, 2.45) is 28.9 Å². The molecule has 0 aromatic heterocycles. The van der Waals surface area contributed by atoms with E-state index in [0.717, 1.165) is 12.8 Å². The molecule has 18 heavy (non-hydrogen) atoms. The smallest absolute Gasteiger partial charge is 0.404 e. The molecule has 0 aromatic carbocycles. The van der Waals surface area contributed by atoms with Crippen LogP contribution < -0.4 is 5.73 Å². The first kappa shape index (κ1) is 13.1. The molecule has 3 unspecified atom stereocenters. The molecule has 0 aromatic rings. The van der Waals surface area contributed by atoms with E-state index in [2.05, 4.69) is 12.2 Å². The number of fused-ring (bicyclic) bond motifs is 2. The first-order valence-electron chi connectivity index (χ1n) is 6.58. The van der Waals surface area contributed by atoms with E-state index >= 15 is 0 Å². The first-order valence-corrected chi connectivity index (χ1v) is 6.58. The Kier molecular flexibility index (Phi) is 3.46. The van der Waals surface area contributed by atoms with Crippen molar-refractivity contribution in [3.63, 3.8) is 0 Å². The maximum atomic E-state index is 12.5. The summed E-state index contributed by atoms with van der Waals surface area (Å²) >= 11 is 0. The molecule has 2 N–H and O–H groups in total. The van der Waals surface area contributed by atoms with Gasteiger partial charge in [0.25, 0.3) is 0 Å². The zero-order chi connectivity index (χ0) is 13.3. The van der Waals surface area contributed by atoms with Crippen molar-refractivity contribution in [2.45, 2.75) is 33.1 Å². The van der Waals surface area contributed by atoms with E-state index in [1.54, 1.807) is 0 Å². The summed E-state index contributed by atoms with van der Waals surface area (Å²) in [6.45, 7) is 4.20. The minimum Gasteiger partial charge on any atom is -0.449 e. The number of allylic oxidation sites excluding steroid dienone is 2. The lowest BCUT2D eigenvalue weighted by Gasteiger charge is -2.33. The summed E-state index contributed by atoms with van der Waals surface area (Å²) in [5.41, 5.74) is 4.52. The molecular formula is C14H21NO3. The molecule has 2 rings (SSSR count). The van der Waals surface area contributed by atoms with E-state index in [4.69, 9.17) is 10.5 Å². The molecule has 1 amide bonds. The molecule has 3 atom stereocenters. The maximum absolute atomic E-state index is 12.5. The second-order valence-corrected chi connectivity index (χ2v) is 5.98. The fourth-order valence-corrected chi connectivity index (χ4v) is 3.30. The van der Waals surface area contributed by atoms with Crippen LogP contribution in [0, 0.1) is 23.2 Å². The van der Waals surface area contributed by atoms with Gasteiger partial charge in [0.05, 0.1) is 5.41 Å². The standard InChI is InChI=1S/C14H21NO3/c1-9(2)5-12(16)14(8-18-13(15)17)7-10-3-4-11(14)6-10/h3-4,9-11H,5-8H2,1-2H3,(H2,15,17). The van der Waals surface area contributed by atoms with Crippen LogP contribution in [0.1, 0.15) is 33.1 Å². The number of carbonyl (C=O) groups excluding carboxylic acids is 2. The van der Waals surface area contributed by atoms with Gasteiger partial charge in [0.2, 0.25) is 0 Å². The van der Waals surface area contributed by atoms with Crippen molar-refractivity contribution in [1.82, 2.24) is 0 Å². The summed E-state index contributed by atoms with van der Waals surface area (Å²) in [4.78, 5) is 23.3. The molecule has 0 saturated heterocycles. The van der Waals surface area contributed by atoms with Crippen LogP contribution in [-0.2, 0) is 9.53 Å². The average Bonchev–Trinajstić information content (AvgIpc) is 2.85. The van der Waals surface area contributed by atoms with E-state index in [1.165, 1.54) is 0 Å². The summed E-state index contributed by atoms with van der Waals surface area (Å²) in [7, 11) is 0.